The average molecular weight is 405 g/mol. The predicted molar refractivity (Wildman–Crippen MR) is 118 cm³/mol. The molecule has 0 saturated heterocycles. The molecule has 0 saturated carbocycles. The summed E-state index contributed by atoms with van der Waals surface area (Å²) >= 11 is 0. The van der Waals surface area contributed by atoms with Gasteiger partial charge in [-0.25, -0.2) is 9.97 Å². The lowest BCUT2D eigenvalue weighted by molar-refractivity contribution is -0.120. The number of nitrogens with one attached hydrogen (secondary N) is 1. The van der Waals surface area contributed by atoms with Crippen LogP contribution >= 0.6 is 0 Å². The molecule has 150 valence electrons. The number of fused-ring (bicyclic) bond motifs is 4. The third-order valence-corrected chi connectivity index (χ3v) is 6.48. The molecule has 0 radical (unpaired) electrons. The van der Waals surface area contributed by atoms with Gasteiger partial charge in [-0.15, -0.1) is 0 Å². The highest BCUT2D eigenvalue weighted by Gasteiger charge is 2.51. The van der Waals surface area contributed by atoms with Crippen molar-refractivity contribution in [1.29, 1.82) is 0 Å². The lowest BCUT2D eigenvalue weighted by Crippen LogP contribution is -2.35. The van der Waals surface area contributed by atoms with Gasteiger partial charge in [0, 0.05) is 23.6 Å². The molecular weight excluding hydrogens is 386 g/mol. The molecule has 2 aromatic carbocycles. The van der Waals surface area contributed by atoms with Gasteiger partial charge in [0.1, 0.15) is 11.5 Å². The fourth-order valence-corrected chi connectivity index (χ4v) is 4.92. The van der Waals surface area contributed by atoms with Gasteiger partial charge in [0.05, 0.1) is 10.9 Å². The summed E-state index contributed by atoms with van der Waals surface area (Å²) in [6.07, 6.45) is 3.30. The Morgan fingerprint density at radius 3 is 2.61 bits per heavy atom. The lowest BCUT2D eigenvalue weighted by Gasteiger charge is -2.20. The van der Waals surface area contributed by atoms with E-state index in [1.54, 1.807) is 12.3 Å². The van der Waals surface area contributed by atoms with Crippen molar-refractivity contribution in [2.24, 2.45) is 0 Å². The van der Waals surface area contributed by atoms with Crippen LogP contribution < -0.4 is 5.32 Å². The van der Waals surface area contributed by atoms with E-state index in [1.807, 2.05) is 54.6 Å². The first-order chi connectivity index (χ1) is 15.1. The van der Waals surface area contributed by atoms with Crippen LogP contribution in [0.5, 0.6) is 0 Å². The summed E-state index contributed by atoms with van der Waals surface area (Å²) in [5.74, 6) is 0.671. The second-order valence-corrected chi connectivity index (χ2v) is 8.39. The van der Waals surface area contributed by atoms with Crippen LogP contribution in [0, 0.1) is 0 Å². The van der Waals surface area contributed by atoms with E-state index in [9.17, 15) is 9.59 Å². The van der Waals surface area contributed by atoms with E-state index in [4.69, 9.17) is 0 Å². The topological polar surface area (TPSA) is 72.0 Å². The highest BCUT2D eigenvalue weighted by Crippen LogP contribution is 2.47. The van der Waals surface area contributed by atoms with Gasteiger partial charge in [-0.1, -0.05) is 42.5 Å². The second kappa shape index (κ2) is 6.57. The molecule has 1 unspecified atom stereocenters. The molecule has 5 heteroatoms. The van der Waals surface area contributed by atoms with Crippen LogP contribution in [-0.4, -0.2) is 21.7 Å². The Bertz CT molecular complexity index is 1380. The number of hydrogen-bond donors (Lipinski definition) is 1. The minimum atomic E-state index is -0.602. The maximum Gasteiger partial charge on any atom is 0.237 e. The van der Waals surface area contributed by atoms with Crippen LogP contribution in [0.1, 0.15) is 32.7 Å². The first kappa shape index (κ1) is 18.0. The molecule has 1 aliphatic heterocycles. The maximum absolute atomic E-state index is 12.9. The predicted octanol–water partition coefficient (Wildman–Crippen LogP) is 4.04. The molecule has 4 aromatic rings. The van der Waals surface area contributed by atoms with Crippen molar-refractivity contribution < 1.29 is 9.59 Å². The zero-order valence-corrected chi connectivity index (χ0v) is 16.8. The van der Waals surface area contributed by atoms with Crippen molar-refractivity contribution in [3.05, 3.63) is 101 Å². The quantitative estimate of drug-likeness (QED) is 0.522. The molecule has 1 aliphatic carbocycles. The summed E-state index contributed by atoms with van der Waals surface area (Å²) in [4.78, 5) is 34.7. The molecule has 1 spiro atoms. The average Bonchev–Trinajstić information content (AvgIpc) is 3.29. The van der Waals surface area contributed by atoms with Crippen LogP contribution in [0.25, 0.3) is 10.9 Å². The number of nitrogens with zero attached hydrogens (tertiary/aromatic N) is 2. The fraction of sp³-hybridized carbons (Fsp3) is 0.154. The normalized spacial score (nSPS) is 18.8. The Morgan fingerprint density at radius 2 is 1.77 bits per heavy atom. The van der Waals surface area contributed by atoms with Crippen LogP contribution in [-0.2, 0) is 29.5 Å². The van der Waals surface area contributed by atoms with Crippen molar-refractivity contribution in [3.8, 4) is 0 Å². The van der Waals surface area contributed by atoms with Gasteiger partial charge in [0.2, 0.25) is 5.91 Å². The van der Waals surface area contributed by atoms with Gasteiger partial charge in [0.15, 0.2) is 5.78 Å². The van der Waals surface area contributed by atoms with Gasteiger partial charge in [-0.05, 0) is 53.8 Å². The molecular formula is C26H19N3O2. The van der Waals surface area contributed by atoms with Crippen molar-refractivity contribution >= 4 is 28.4 Å². The van der Waals surface area contributed by atoms with Crippen molar-refractivity contribution in [3.63, 3.8) is 0 Å². The number of ketones is 1. The summed E-state index contributed by atoms with van der Waals surface area (Å²) in [5, 5.41) is 3.93. The van der Waals surface area contributed by atoms with Crippen LogP contribution in [0.4, 0.5) is 5.82 Å². The van der Waals surface area contributed by atoms with Crippen LogP contribution in [0.2, 0.25) is 0 Å². The van der Waals surface area contributed by atoms with E-state index >= 15 is 0 Å². The van der Waals surface area contributed by atoms with Crippen molar-refractivity contribution in [1.82, 2.24) is 9.97 Å². The Kier molecular flexibility index (Phi) is 3.81. The first-order valence-corrected chi connectivity index (χ1v) is 10.4. The number of carbonyl (C=O) groups is 2. The third-order valence-electron chi connectivity index (χ3n) is 6.48. The Hall–Kier alpha value is -3.86. The fourth-order valence-electron chi connectivity index (χ4n) is 4.92. The number of amides is 1. The van der Waals surface area contributed by atoms with E-state index in [-0.39, 0.29) is 11.7 Å². The molecule has 31 heavy (non-hydrogen) atoms. The van der Waals surface area contributed by atoms with Gasteiger partial charge >= 0.3 is 0 Å². The highest BCUT2D eigenvalue weighted by molar-refractivity contribution is 6.06. The largest absolute Gasteiger partial charge is 0.310 e. The number of pyridine rings is 2. The number of Topliss-reactive ketones (excluding diaryl/α,β-unsaturated/α-hetero) is 1. The maximum atomic E-state index is 12.9. The Balaban J connectivity index is 1.36. The van der Waals surface area contributed by atoms with Crippen molar-refractivity contribution in [2.75, 3.05) is 5.32 Å². The third kappa shape index (κ3) is 2.77. The van der Waals surface area contributed by atoms with E-state index in [1.165, 1.54) is 0 Å². The van der Waals surface area contributed by atoms with E-state index in [2.05, 4.69) is 21.4 Å². The molecule has 2 aliphatic rings. The molecule has 0 fully saturated rings. The zero-order chi connectivity index (χ0) is 21.0. The molecule has 1 atom stereocenters. The Morgan fingerprint density at radius 1 is 0.968 bits per heavy atom. The first-order valence-electron chi connectivity index (χ1n) is 10.4. The minimum absolute atomic E-state index is 0.000223. The second-order valence-electron chi connectivity index (χ2n) is 8.39. The van der Waals surface area contributed by atoms with Gasteiger partial charge < -0.3 is 5.32 Å². The summed E-state index contributed by atoms with van der Waals surface area (Å²) in [5.41, 5.74) is 4.87. The molecule has 3 heterocycles. The molecule has 1 N–H and O–H groups in total. The van der Waals surface area contributed by atoms with Gasteiger partial charge in [-0.3, -0.25) is 9.59 Å². The molecule has 2 aromatic heterocycles. The monoisotopic (exact) mass is 405 g/mol. The summed E-state index contributed by atoms with van der Waals surface area (Å²) < 4.78 is 0. The number of anilines is 1. The lowest BCUT2D eigenvalue weighted by atomic mass is 9.79. The number of aromatic nitrogens is 2. The smallest absolute Gasteiger partial charge is 0.237 e. The number of rotatable bonds is 3. The SMILES string of the molecule is O=C(Cc1ccccc1)c1ccc2cc3c(cc2n1)CC1(C3)C(=O)Nc2ncccc21. The number of hydrogen-bond acceptors (Lipinski definition) is 4. The Labute approximate surface area is 179 Å². The van der Waals surface area contributed by atoms with Crippen LogP contribution in [0.15, 0.2) is 72.9 Å². The van der Waals surface area contributed by atoms with E-state index in [0.717, 1.165) is 33.2 Å². The molecule has 0 bridgehead atoms. The van der Waals surface area contributed by atoms with Gasteiger partial charge in [0.25, 0.3) is 0 Å². The minimum Gasteiger partial charge on any atom is -0.310 e. The number of carbonyl (C=O) groups excluding carboxylic acids is 2. The number of benzene rings is 2. The molecule has 5 nitrogen and oxygen atoms in total. The molecule has 6 rings (SSSR count). The standard InChI is InChI=1S/C26H19N3O2/c30-23(11-16-5-2-1-3-6-16)21-9-8-17-12-18-14-26(15-19(18)13-22(17)28-21)20-7-4-10-27-24(20)29-25(26)31/h1-10,12-13H,11,14-15H2,(H,27,29,31). The van der Waals surface area contributed by atoms with E-state index in [0.29, 0.717) is 30.8 Å². The van der Waals surface area contributed by atoms with Crippen molar-refractivity contribution in [2.45, 2.75) is 24.7 Å². The summed E-state index contributed by atoms with van der Waals surface area (Å²) in [7, 11) is 0. The summed E-state index contributed by atoms with van der Waals surface area (Å²) in [6, 6.07) is 21.5. The zero-order valence-electron chi connectivity index (χ0n) is 16.8. The summed E-state index contributed by atoms with van der Waals surface area (Å²) in [6.45, 7) is 0. The van der Waals surface area contributed by atoms with E-state index < -0.39 is 5.41 Å². The van der Waals surface area contributed by atoms with Gasteiger partial charge in [-0.2, -0.15) is 0 Å². The highest BCUT2D eigenvalue weighted by atomic mass is 16.2. The van der Waals surface area contributed by atoms with Crippen LogP contribution in [0.3, 0.4) is 0 Å². The molecule has 1 amide bonds.